The van der Waals surface area contributed by atoms with E-state index in [-0.39, 0.29) is 28.6 Å². The van der Waals surface area contributed by atoms with Crippen molar-refractivity contribution in [3.8, 4) is 11.5 Å². The van der Waals surface area contributed by atoms with Gasteiger partial charge in [0.15, 0.2) is 5.82 Å². The quantitative estimate of drug-likeness (QED) is 0.432. The highest BCUT2D eigenvalue weighted by Crippen LogP contribution is 2.39. The van der Waals surface area contributed by atoms with Crippen LogP contribution in [0.4, 0.5) is 26.3 Å². The first-order chi connectivity index (χ1) is 15.2. The fourth-order valence-electron chi connectivity index (χ4n) is 3.09. The third kappa shape index (κ3) is 4.41. The number of aromatic nitrogens is 5. The van der Waals surface area contributed by atoms with Crippen LogP contribution in [0.2, 0.25) is 0 Å². The topological polar surface area (TPSA) is 102 Å². The first-order valence-corrected chi connectivity index (χ1v) is 9.36. The van der Waals surface area contributed by atoms with E-state index < -0.39 is 47.7 Å². The van der Waals surface area contributed by atoms with E-state index in [9.17, 15) is 35.9 Å². The zero-order chi connectivity index (χ0) is 24.8. The Bertz CT molecular complexity index is 1270. The van der Waals surface area contributed by atoms with Gasteiger partial charge in [0.2, 0.25) is 0 Å². The van der Waals surface area contributed by atoms with Crippen molar-refractivity contribution in [2.75, 3.05) is 7.11 Å². The standard InChI is InChI=1S/C19H17F6N5O3/c1-17(2,16(32)33-3)13-15(31)27-14(29-28-13)12-10-5-4-9(20)8-30(10)11(26-12)6-7-18(21,22)19(23,24)25/h4-5,8H,6-7H2,1-3H3,(H,27,29,31). The number of aryl methyl sites for hydroxylation is 1. The van der Waals surface area contributed by atoms with Gasteiger partial charge in [0, 0.05) is 19.0 Å². The van der Waals surface area contributed by atoms with Gasteiger partial charge in [-0.15, -0.1) is 10.2 Å². The highest BCUT2D eigenvalue weighted by atomic mass is 19.4. The highest BCUT2D eigenvalue weighted by Gasteiger charge is 2.56. The van der Waals surface area contributed by atoms with Crippen LogP contribution in [0, 0.1) is 5.82 Å². The molecule has 3 rings (SSSR count). The first kappa shape index (κ1) is 24.2. The summed E-state index contributed by atoms with van der Waals surface area (Å²) in [4.78, 5) is 30.9. The van der Waals surface area contributed by atoms with Crippen LogP contribution in [0.25, 0.3) is 17.0 Å². The van der Waals surface area contributed by atoms with Crippen LogP contribution in [0.1, 0.15) is 31.8 Å². The van der Waals surface area contributed by atoms with Gasteiger partial charge in [-0.1, -0.05) is 0 Å². The van der Waals surface area contributed by atoms with Crippen LogP contribution in [0.5, 0.6) is 0 Å². The molecule has 1 N–H and O–H groups in total. The minimum atomic E-state index is -5.76. The molecule has 14 heteroatoms. The van der Waals surface area contributed by atoms with Crippen LogP contribution >= 0.6 is 0 Å². The molecule has 0 radical (unpaired) electrons. The smallest absolute Gasteiger partial charge is 0.453 e. The molecule has 0 saturated heterocycles. The molecule has 0 atom stereocenters. The average molecular weight is 477 g/mol. The minimum Gasteiger partial charge on any atom is -0.468 e. The Labute approximate surface area is 181 Å². The molecule has 3 heterocycles. The van der Waals surface area contributed by atoms with Gasteiger partial charge in [-0.25, -0.2) is 9.37 Å². The molecular weight excluding hydrogens is 460 g/mol. The summed E-state index contributed by atoms with van der Waals surface area (Å²) in [5.74, 6) is -7.12. The molecule has 0 fully saturated rings. The number of nitrogens with one attached hydrogen (secondary N) is 1. The van der Waals surface area contributed by atoms with Crippen molar-refractivity contribution in [2.45, 2.75) is 44.2 Å². The van der Waals surface area contributed by atoms with Crippen molar-refractivity contribution in [1.82, 2.24) is 24.6 Å². The number of imidazole rings is 1. The van der Waals surface area contributed by atoms with Crippen LogP contribution in [0.15, 0.2) is 23.1 Å². The second-order valence-corrected chi connectivity index (χ2v) is 7.65. The Morgan fingerprint density at radius 2 is 1.82 bits per heavy atom. The van der Waals surface area contributed by atoms with Crippen molar-refractivity contribution in [2.24, 2.45) is 0 Å². The number of halogens is 6. The number of hydrogen-bond acceptors (Lipinski definition) is 6. The van der Waals surface area contributed by atoms with Crippen molar-refractivity contribution in [3.05, 3.63) is 46.0 Å². The largest absolute Gasteiger partial charge is 0.468 e. The molecule has 0 bridgehead atoms. The summed E-state index contributed by atoms with van der Waals surface area (Å²) < 4.78 is 83.7. The number of carbonyl (C=O) groups is 1. The summed E-state index contributed by atoms with van der Waals surface area (Å²) in [7, 11) is 1.13. The lowest BCUT2D eigenvalue weighted by Crippen LogP contribution is -2.38. The first-order valence-electron chi connectivity index (χ1n) is 9.36. The van der Waals surface area contributed by atoms with E-state index in [1.807, 2.05) is 0 Å². The van der Waals surface area contributed by atoms with Gasteiger partial charge in [0.1, 0.15) is 28.4 Å². The molecule has 3 aromatic heterocycles. The number of alkyl halides is 5. The van der Waals surface area contributed by atoms with E-state index in [4.69, 9.17) is 0 Å². The van der Waals surface area contributed by atoms with Gasteiger partial charge < -0.3 is 14.1 Å². The summed E-state index contributed by atoms with van der Waals surface area (Å²) in [5, 5.41) is 7.58. The summed E-state index contributed by atoms with van der Waals surface area (Å²) >= 11 is 0. The van der Waals surface area contributed by atoms with Gasteiger partial charge in [-0.2, -0.15) is 22.0 Å². The third-order valence-corrected chi connectivity index (χ3v) is 4.96. The maximum Gasteiger partial charge on any atom is 0.453 e. The second-order valence-electron chi connectivity index (χ2n) is 7.65. The SMILES string of the molecule is COC(=O)C(C)(C)c1nnc(-c2nc(CCC(F)(F)C(F)(F)F)n3cc(F)ccc23)[nH]c1=O. The zero-order valence-electron chi connectivity index (χ0n) is 17.4. The van der Waals surface area contributed by atoms with E-state index in [2.05, 4.69) is 24.9 Å². The number of aromatic amines is 1. The van der Waals surface area contributed by atoms with Crippen molar-refractivity contribution < 1.29 is 35.9 Å². The Morgan fingerprint density at radius 3 is 2.39 bits per heavy atom. The molecule has 0 aromatic carbocycles. The second kappa shape index (κ2) is 8.15. The van der Waals surface area contributed by atoms with Crippen LogP contribution in [0.3, 0.4) is 0 Å². The van der Waals surface area contributed by atoms with Crippen molar-refractivity contribution in [3.63, 3.8) is 0 Å². The molecule has 0 aliphatic carbocycles. The van der Waals surface area contributed by atoms with E-state index in [1.54, 1.807) is 0 Å². The summed E-state index contributed by atoms with van der Waals surface area (Å²) in [6.45, 7) is 2.76. The maximum absolute atomic E-state index is 13.7. The number of pyridine rings is 1. The molecule has 0 aliphatic heterocycles. The van der Waals surface area contributed by atoms with Gasteiger partial charge in [0.05, 0.1) is 12.6 Å². The maximum atomic E-state index is 13.7. The number of esters is 1. The molecule has 0 saturated carbocycles. The fourth-order valence-corrected chi connectivity index (χ4v) is 3.09. The monoisotopic (exact) mass is 477 g/mol. The fraction of sp³-hybridized carbons (Fsp3) is 0.421. The van der Waals surface area contributed by atoms with E-state index in [0.29, 0.717) is 0 Å². The van der Waals surface area contributed by atoms with E-state index in [1.165, 1.54) is 19.9 Å². The number of H-pyrrole nitrogens is 1. The lowest BCUT2D eigenvalue weighted by Gasteiger charge is -2.19. The zero-order valence-corrected chi connectivity index (χ0v) is 17.4. The molecule has 0 amide bonds. The molecule has 8 nitrogen and oxygen atoms in total. The number of rotatable bonds is 6. The minimum absolute atomic E-state index is 0.0756. The molecule has 0 unspecified atom stereocenters. The number of hydrogen-bond donors (Lipinski definition) is 1. The van der Waals surface area contributed by atoms with Crippen LogP contribution < -0.4 is 5.56 Å². The molecular formula is C19H17F6N5O3. The van der Waals surface area contributed by atoms with Crippen LogP contribution in [-0.4, -0.2) is 49.7 Å². The van der Waals surface area contributed by atoms with Gasteiger partial charge >= 0.3 is 18.1 Å². The van der Waals surface area contributed by atoms with Gasteiger partial charge in [-0.3, -0.25) is 9.59 Å². The average Bonchev–Trinajstić information content (AvgIpc) is 3.08. The lowest BCUT2D eigenvalue weighted by atomic mass is 9.90. The number of carbonyl (C=O) groups excluding carboxylic acids is 1. The predicted molar refractivity (Wildman–Crippen MR) is 101 cm³/mol. The normalized spacial score (nSPS) is 12.9. The van der Waals surface area contributed by atoms with Crippen molar-refractivity contribution in [1.29, 1.82) is 0 Å². The number of fused-ring (bicyclic) bond motifs is 1. The summed E-state index contributed by atoms with van der Waals surface area (Å²) in [6.07, 6.45) is -7.39. The lowest BCUT2D eigenvalue weighted by molar-refractivity contribution is -0.284. The molecule has 0 aliphatic rings. The molecule has 178 valence electrons. The summed E-state index contributed by atoms with van der Waals surface area (Å²) in [6, 6.07) is 2.20. The third-order valence-electron chi connectivity index (χ3n) is 4.96. The number of nitrogens with zero attached hydrogens (tertiary/aromatic N) is 4. The Hall–Kier alpha value is -3.45. The Kier molecular flexibility index (Phi) is 5.98. The predicted octanol–water partition coefficient (Wildman–Crippen LogP) is 3.20. The van der Waals surface area contributed by atoms with Gasteiger partial charge in [-0.05, 0) is 26.0 Å². The molecule has 33 heavy (non-hydrogen) atoms. The Morgan fingerprint density at radius 1 is 1.15 bits per heavy atom. The summed E-state index contributed by atoms with van der Waals surface area (Å²) in [5.41, 5.74) is -2.62. The molecule has 0 spiro atoms. The number of methoxy groups -OCH3 is 1. The van der Waals surface area contributed by atoms with Crippen LogP contribution in [-0.2, 0) is 21.4 Å². The van der Waals surface area contributed by atoms with Gasteiger partial charge in [0.25, 0.3) is 5.56 Å². The Balaban J connectivity index is 2.07. The number of ether oxygens (including phenoxy) is 1. The van der Waals surface area contributed by atoms with E-state index in [0.717, 1.165) is 23.8 Å². The highest BCUT2D eigenvalue weighted by molar-refractivity contribution is 5.81. The molecule has 3 aromatic rings. The van der Waals surface area contributed by atoms with E-state index >= 15 is 0 Å². The van der Waals surface area contributed by atoms with Crippen molar-refractivity contribution >= 4 is 11.5 Å².